The van der Waals surface area contributed by atoms with Crippen LogP contribution in [-0.2, 0) is 14.3 Å². The fourth-order valence-corrected chi connectivity index (χ4v) is 5.95. The minimum Gasteiger partial charge on any atom is -0.507 e. The van der Waals surface area contributed by atoms with Crippen LogP contribution in [0.5, 0.6) is 0 Å². The molecule has 0 aromatic carbocycles. The normalized spacial score (nSPS) is 42.9. The predicted octanol–water partition coefficient (Wildman–Crippen LogP) is 1.81. The number of aliphatic hydroxyl groups excluding tert-OH is 3. The first kappa shape index (κ1) is 17.9. The smallest absolute Gasteiger partial charge is 0.233 e. The van der Waals surface area contributed by atoms with E-state index in [1.807, 2.05) is 0 Å². The van der Waals surface area contributed by atoms with Crippen LogP contribution in [0.1, 0.15) is 46.5 Å². The summed E-state index contributed by atoms with van der Waals surface area (Å²) in [4.78, 5) is 25.9. The molecule has 0 aromatic heterocycles. The van der Waals surface area contributed by atoms with Gasteiger partial charge in [-0.25, -0.2) is 0 Å². The summed E-state index contributed by atoms with van der Waals surface area (Å²) in [6, 6.07) is 0. The number of Topliss-reactive ketones (excluding diaryl/α,β-unsaturated/α-hetero) is 2. The van der Waals surface area contributed by atoms with E-state index in [9.17, 15) is 24.9 Å². The van der Waals surface area contributed by atoms with Crippen LogP contribution in [0, 0.1) is 22.7 Å². The highest BCUT2D eigenvalue weighted by Crippen LogP contribution is 2.65. The number of allylic oxidation sites excluding steroid dienone is 1. The molecule has 1 saturated carbocycles. The highest BCUT2D eigenvalue weighted by Gasteiger charge is 2.66. The minimum absolute atomic E-state index is 0.0486. The monoisotopic (exact) mass is 362 g/mol. The van der Waals surface area contributed by atoms with Gasteiger partial charge in [0.1, 0.15) is 5.76 Å². The Bertz CT molecular complexity index is 762. The number of rotatable bonds is 1. The zero-order chi connectivity index (χ0) is 19.0. The maximum Gasteiger partial charge on any atom is 0.233 e. The lowest BCUT2D eigenvalue weighted by Gasteiger charge is -2.62. The highest BCUT2D eigenvalue weighted by atomic mass is 16.6. The second kappa shape index (κ2) is 5.50. The van der Waals surface area contributed by atoms with Crippen LogP contribution in [0.25, 0.3) is 0 Å². The standard InChI is InChI=1S/C20H26O6/c1-9(2)12-15(22)13-10(21)7-11-19(3)5-4-6-20(11,18(25)26-8-19)14(13)17(24)16(12)23/h9-11,18,21-22,25H,4-8H2,1-3H3. The molecule has 0 aromatic rings. The van der Waals surface area contributed by atoms with Gasteiger partial charge in [-0.2, -0.15) is 0 Å². The van der Waals surface area contributed by atoms with E-state index in [2.05, 4.69) is 6.92 Å². The van der Waals surface area contributed by atoms with Crippen molar-refractivity contribution in [2.75, 3.05) is 6.61 Å². The summed E-state index contributed by atoms with van der Waals surface area (Å²) in [6.07, 6.45) is 0.266. The van der Waals surface area contributed by atoms with Gasteiger partial charge in [-0.15, -0.1) is 0 Å². The van der Waals surface area contributed by atoms with Crippen molar-refractivity contribution in [3.8, 4) is 0 Å². The van der Waals surface area contributed by atoms with Gasteiger partial charge in [0, 0.05) is 16.7 Å². The molecule has 3 N–H and O–H groups in total. The molecule has 3 aliphatic carbocycles. The molecule has 0 spiro atoms. The maximum absolute atomic E-state index is 13.1. The summed E-state index contributed by atoms with van der Waals surface area (Å²) < 4.78 is 5.66. The fourth-order valence-electron chi connectivity index (χ4n) is 5.95. The second-order valence-electron chi connectivity index (χ2n) is 8.88. The molecule has 6 heteroatoms. The van der Waals surface area contributed by atoms with Gasteiger partial charge in [0.15, 0.2) is 6.29 Å². The van der Waals surface area contributed by atoms with Gasteiger partial charge in [0.2, 0.25) is 11.6 Å². The number of ketones is 2. The number of aliphatic hydroxyl groups is 3. The lowest BCUT2D eigenvalue weighted by atomic mass is 9.46. The average molecular weight is 362 g/mol. The molecule has 2 fully saturated rings. The van der Waals surface area contributed by atoms with Gasteiger partial charge >= 0.3 is 0 Å². The van der Waals surface area contributed by atoms with Crippen molar-refractivity contribution in [3.63, 3.8) is 0 Å². The Morgan fingerprint density at radius 2 is 1.85 bits per heavy atom. The Balaban J connectivity index is 2.02. The predicted molar refractivity (Wildman–Crippen MR) is 92.0 cm³/mol. The zero-order valence-corrected chi connectivity index (χ0v) is 15.4. The molecular weight excluding hydrogens is 336 g/mol. The summed E-state index contributed by atoms with van der Waals surface area (Å²) in [7, 11) is 0. The molecular formula is C20H26O6. The van der Waals surface area contributed by atoms with Crippen molar-refractivity contribution in [1.29, 1.82) is 0 Å². The molecule has 4 rings (SSSR count). The maximum atomic E-state index is 13.1. The first-order valence-corrected chi connectivity index (χ1v) is 9.40. The molecule has 1 aliphatic heterocycles. The summed E-state index contributed by atoms with van der Waals surface area (Å²) in [5.41, 5.74) is -1.05. The Morgan fingerprint density at radius 3 is 2.50 bits per heavy atom. The largest absolute Gasteiger partial charge is 0.507 e. The Morgan fingerprint density at radius 1 is 1.15 bits per heavy atom. The van der Waals surface area contributed by atoms with Crippen molar-refractivity contribution in [2.24, 2.45) is 22.7 Å². The topological polar surface area (TPSA) is 104 Å². The lowest BCUT2D eigenvalue weighted by Crippen LogP contribution is -2.64. The minimum atomic E-state index is -1.22. The van der Waals surface area contributed by atoms with Gasteiger partial charge in [0.25, 0.3) is 0 Å². The van der Waals surface area contributed by atoms with Gasteiger partial charge in [-0.05, 0) is 36.5 Å². The molecule has 0 radical (unpaired) electrons. The molecule has 142 valence electrons. The van der Waals surface area contributed by atoms with Crippen molar-refractivity contribution in [3.05, 3.63) is 22.5 Å². The van der Waals surface area contributed by atoms with Crippen LogP contribution < -0.4 is 0 Å². The molecule has 0 amide bonds. The van der Waals surface area contributed by atoms with Gasteiger partial charge in [-0.1, -0.05) is 27.2 Å². The highest BCUT2D eigenvalue weighted by molar-refractivity contribution is 6.50. The summed E-state index contributed by atoms with van der Waals surface area (Å²) in [5, 5.41) is 32.4. The first-order chi connectivity index (χ1) is 12.1. The van der Waals surface area contributed by atoms with E-state index >= 15 is 0 Å². The van der Waals surface area contributed by atoms with E-state index in [0.29, 0.717) is 19.4 Å². The van der Waals surface area contributed by atoms with E-state index in [1.54, 1.807) is 13.8 Å². The second-order valence-corrected chi connectivity index (χ2v) is 8.88. The summed E-state index contributed by atoms with van der Waals surface area (Å²) in [6.45, 7) is 5.88. The van der Waals surface area contributed by atoms with Crippen LogP contribution in [0.2, 0.25) is 0 Å². The third-order valence-corrected chi connectivity index (χ3v) is 7.11. The third-order valence-electron chi connectivity index (χ3n) is 7.11. The molecule has 1 heterocycles. The van der Waals surface area contributed by atoms with Crippen LogP contribution >= 0.6 is 0 Å². The zero-order valence-electron chi connectivity index (χ0n) is 15.4. The number of carbonyl (C=O) groups is 2. The number of hydrogen-bond acceptors (Lipinski definition) is 6. The molecule has 4 aliphatic rings. The lowest BCUT2D eigenvalue weighted by molar-refractivity contribution is -0.278. The Labute approximate surface area is 152 Å². The number of hydrogen-bond donors (Lipinski definition) is 3. The van der Waals surface area contributed by atoms with Gasteiger partial charge in [-0.3, -0.25) is 9.59 Å². The molecule has 26 heavy (non-hydrogen) atoms. The van der Waals surface area contributed by atoms with E-state index in [1.165, 1.54) is 0 Å². The number of carbonyl (C=O) groups excluding carboxylic acids is 2. The van der Waals surface area contributed by atoms with E-state index < -0.39 is 29.4 Å². The molecule has 5 atom stereocenters. The fraction of sp³-hybridized carbons (Fsp3) is 0.700. The Kier molecular flexibility index (Phi) is 3.79. The summed E-state index contributed by atoms with van der Waals surface area (Å²) in [5.74, 6) is -2.24. The SMILES string of the molecule is CC(C)C1=C(O)C2=C(C(=O)C1=O)C13CCCC(C)(COC1O)C3CC2O. The van der Waals surface area contributed by atoms with Gasteiger partial charge < -0.3 is 20.1 Å². The first-order valence-electron chi connectivity index (χ1n) is 9.40. The average Bonchev–Trinajstić information content (AvgIpc) is 2.56. The quantitative estimate of drug-likeness (QED) is 0.485. The van der Waals surface area contributed by atoms with Crippen LogP contribution in [0.4, 0.5) is 0 Å². The van der Waals surface area contributed by atoms with Crippen LogP contribution in [-0.4, -0.2) is 45.9 Å². The van der Waals surface area contributed by atoms with Crippen LogP contribution in [0.15, 0.2) is 22.5 Å². The Hall–Kier alpha value is -1.50. The molecule has 5 unspecified atom stereocenters. The molecule has 2 bridgehead atoms. The third kappa shape index (κ3) is 1.98. The number of ether oxygens (including phenoxy) is 1. The van der Waals surface area contributed by atoms with E-state index in [4.69, 9.17) is 4.74 Å². The molecule has 6 nitrogen and oxygen atoms in total. The van der Waals surface area contributed by atoms with Crippen molar-refractivity contribution < 1.29 is 29.6 Å². The van der Waals surface area contributed by atoms with Crippen molar-refractivity contribution >= 4 is 11.6 Å². The van der Waals surface area contributed by atoms with Crippen molar-refractivity contribution in [2.45, 2.75) is 58.8 Å². The van der Waals surface area contributed by atoms with Gasteiger partial charge in [0.05, 0.1) is 18.1 Å². The van der Waals surface area contributed by atoms with Crippen molar-refractivity contribution in [1.82, 2.24) is 0 Å². The summed E-state index contributed by atoms with van der Waals surface area (Å²) >= 11 is 0. The van der Waals surface area contributed by atoms with E-state index in [-0.39, 0.29) is 39.7 Å². The van der Waals surface area contributed by atoms with E-state index in [0.717, 1.165) is 12.8 Å². The molecule has 1 saturated heterocycles. The van der Waals surface area contributed by atoms with Crippen LogP contribution in [0.3, 0.4) is 0 Å².